The second-order valence-corrected chi connectivity index (χ2v) is 5.93. The van der Waals surface area contributed by atoms with E-state index in [1.54, 1.807) is 18.2 Å². The van der Waals surface area contributed by atoms with Gasteiger partial charge in [0, 0.05) is 17.1 Å². The zero-order chi connectivity index (χ0) is 17.1. The zero-order valence-electron chi connectivity index (χ0n) is 13.0. The maximum atomic E-state index is 12.2. The maximum Gasteiger partial charge on any atom is 0.269 e. The number of carbonyl (C=O) groups is 1. The van der Waals surface area contributed by atoms with Crippen LogP contribution in [0.4, 0.5) is 0 Å². The quantitative estimate of drug-likeness (QED) is 0.677. The van der Waals surface area contributed by atoms with Crippen molar-refractivity contribution in [3.63, 3.8) is 0 Å². The molecule has 3 aromatic rings. The standard InChI is InChI=1S/C18H16ClN3O2/c1-11-2-4-12(5-3-11)10-20-18(24)16-9-15(21-22-16)14-8-13(19)6-7-17(14)23/h2-9,23H,10H2,1H3,(H,20,24)(H,21,22). The van der Waals surface area contributed by atoms with Crippen LogP contribution in [0.15, 0.2) is 48.5 Å². The van der Waals surface area contributed by atoms with Crippen LogP contribution in [0.5, 0.6) is 5.75 Å². The third kappa shape index (κ3) is 3.58. The van der Waals surface area contributed by atoms with Crippen LogP contribution in [0.1, 0.15) is 21.6 Å². The fourth-order valence-corrected chi connectivity index (χ4v) is 2.45. The van der Waals surface area contributed by atoms with E-state index in [4.69, 9.17) is 11.6 Å². The van der Waals surface area contributed by atoms with Crippen molar-refractivity contribution in [2.45, 2.75) is 13.5 Å². The molecule has 2 aromatic carbocycles. The molecule has 0 saturated heterocycles. The van der Waals surface area contributed by atoms with Crippen molar-refractivity contribution in [3.05, 3.63) is 70.4 Å². The number of H-pyrrole nitrogens is 1. The van der Waals surface area contributed by atoms with Crippen LogP contribution >= 0.6 is 11.6 Å². The van der Waals surface area contributed by atoms with Gasteiger partial charge in [0.05, 0.1) is 5.69 Å². The summed E-state index contributed by atoms with van der Waals surface area (Å²) in [6.45, 7) is 2.44. The number of rotatable bonds is 4. The molecule has 122 valence electrons. The molecule has 1 amide bonds. The van der Waals surface area contributed by atoms with Gasteiger partial charge in [0.25, 0.3) is 5.91 Å². The van der Waals surface area contributed by atoms with Crippen LogP contribution in [-0.2, 0) is 6.54 Å². The number of aromatic amines is 1. The SMILES string of the molecule is Cc1ccc(CNC(=O)c2cc(-c3cc(Cl)ccc3O)n[nH]2)cc1. The lowest BCUT2D eigenvalue weighted by Crippen LogP contribution is -2.23. The van der Waals surface area contributed by atoms with Crippen LogP contribution in [0.3, 0.4) is 0 Å². The van der Waals surface area contributed by atoms with Gasteiger partial charge in [-0.15, -0.1) is 0 Å². The number of benzene rings is 2. The normalized spacial score (nSPS) is 10.6. The largest absolute Gasteiger partial charge is 0.507 e. The number of hydrogen-bond acceptors (Lipinski definition) is 3. The Morgan fingerprint density at radius 3 is 2.71 bits per heavy atom. The molecule has 0 unspecified atom stereocenters. The Labute approximate surface area is 144 Å². The summed E-state index contributed by atoms with van der Waals surface area (Å²) in [6.07, 6.45) is 0. The lowest BCUT2D eigenvalue weighted by Gasteiger charge is -2.04. The lowest BCUT2D eigenvalue weighted by molar-refractivity contribution is 0.0946. The molecule has 1 aromatic heterocycles. The maximum absolute atomic E-state index is 12.2. The fraction of sp³-hybridized carbons (Fsp3) is 0.111. The second-order valence-electron chi connectivity index (χ2n) is 5.50. The predicted molar refractivity (Wildman–Crippen MR) is 93.0 cm³/mol. The Morgan fingerprint density at radius 1 is 1.21 bits per heavy atom. The molecule has 0 bridgehead atoms. The van der Waals surface area contributed by atoms with E-state index in [1.165, 1.54) is 11.6 Å². The minimum absolute atomic E-state index is 0.0533. The summed E-state index contributed by atoms with van der Waals surface area (Å²) in [4.78, 5) is 12.2. The number of amides is 1. The lowest BCUT2D eigenvalue weighted by atomic mass is 10.1. The number of aryl methyl sites for hydroxylation is 1. The smallest absolute Gasteiger partial charge is 0.269 e. The molecule has 0 spiro atoms. The number of carbonyl (C=O) groups excluding carboxylic acids is 1. The van der Waals surface area contributed by atoms with Crippen LogP contribution in [0, 0.1) is 6.92 Å². The highest BCUT2D eigenvalue weighted by molar-refractivity contribution is 6.30. The van der Waals surface area contributed by atoms with Crippen molar-refractivity contribution in [1.82, 2.24) is 15.5 Å². The van der Waals surface area contributed by atoms with Gasteiger partial charge in [-0.2, -0.15) is 5.10 Å². The number of hydrogen-bond donors (Lipinski definition) is 3. The van der Waals surface area contributed by atoms with Gasteiger partial charge in [-0.05, 0) is 36.8 Å². The van der Waals surface area contributed by atoms with Crippen molar-refractivity contribution in [2.75, 3.05) is 0 Å². The van der Waals surface area contributed by atoms with Crippen LogP contribution < -0.4 is 5.32 Å². The minimum Gasteiger partial charge on any atom is -0.507 e. The highest BCUT2D eigenvalue weighted by Crippen LogP contribution is 2.30. The molecular weight excluding hydrogens is 326 g/mol. The molecule has 24 heavy (non-hydrogen) atoms. The number of nitrogens with zero attached hydrogens (tertiary/aromatic N) is 1. The van der Waals surface area contributed by atoms with Crippen molar-refractivity contribution < 1.29 is 9.90 Å². The molecule has 0 aliphatic rings. The average molecular weight is 342 g/mol. The highest BCUT2D eigenvalue weighted by atomic mass is 35.5. The van der Waals surface area contributed by atoms with E-state index in [0.717, 1.165) is 5.56 Å². The molecule has 0 radical (unpaired) electrons. The number of aromatic nitrogens is 2. The van der Waals surface area contributed by atoms with Crippen LogP contribution in [0.25, 0.3) is 11.3 Å². The van der Waals surface area contributed by atoms with Gasteiger partial charge >= 0.3 is 0 Å². The van der Waals surface area contributed by atoms with E-state index in [9.17, 15) is 9.90 Å². The number of aromatic hydroxyl groups is 1. The summed E-state index contributed by atoms with van der Waals surface area (Å²) < 4.78 is 0. The van der Waals surface area contributed by atoms with Crippen molar-refractivity contribution >= 4 is 17.5 Å². The van der Waals surface area contributed by atoms with Gasteiger partial charge in [0.2, 0.25) is 0 Å². The molecule has 6 heteroatoms. The third-order valence-corrected chi connectivity index (χ3v) is 3.87. The summed E-state index contributed by atoms with van der Waals surface area (Å²) in [7, 11) is 0. The molecule has 0 fully saturated rings. The molecule has 0 atom stereocenters. The van der Waals surface area contributed by atoms with E-state index in [2.05, 4.69) is 15.5 Å². The Hall–Kier alpha value is -2.79. The molecule has 0 aliphatic carbocycles. The number of halogens is 1. The summed E-state index contributed by atoms with van der Waals surface area (Å²) in [5.74, 6) is -0.214. The Kier molecular flexibility index (Phi) is 4.53. The van der Waals surface area contributed by atoms with Crippen molar-refractivity contribution in [2.24, 2.45) is 0 Å². The first-order chi connectivity index (χ1) is 11.5. The highest BCUT2D eigenvalue weighted by Gasteiger charge is 2.13. The Balaban J connectivity index is 1.71. The second kappa shape index (κ2) is 6.76. The Bertz CT molecular complexity index is 872. The first-order valence-electron chi connectivity index (χ1n) is 7.41. The first-order valence-corrected chi connectivity index (χ1v) is 7.79. The molecule has 0 saturated carbocycles. The predicted octanol–water partition coefficient (Wildman–Crippen LogP) is 3.67. The summed E-state index contributed by atoms with van der Waals surface area (Å²) >= 11 is 5.94. The van der Waals surface area contributed by atoms with Gasteiger partial charge < -0.3 is 10.4 Å². The summed E-state index contributed by atoms with van der Waals surface area (Å²) in [5.41, 5.74) is 3.43. The fourth-order valence-electron chi connectivity index (χ4n) is 2.27. The molecule has 5 nitrogen and oxygen atoms in total. The van der Waals surface area contributed by atoms with E-state index in [1.807, 2.05) is 31.2 Å². The Morgan fingerprint density at radius 2 is 1.96 bits per heavy atom. The van der Waals surface area contributed by atoms with Gasteiger partial charge in [-0.3, -0.25) is 9.89 Å². The van der Waals surface area contributed by atoms with Gasteiger partial charge in [0.1, 0.15) is 11.4 Å². The van der Waals surface area contributed by atoms with Gasteiger partial charge in [0.15, 0.2) is 0 Å². The van der Waals surface area contributed by atoms with Crippen molar-refractivity contribution in [3.8, 4) is 17.0 Å². The summed E-state index contributed by atoms with van der Waals surface area (Å²) in [6, 6.07) is 14.2. The zero-order valence-corrected chi connectivity index (χ0v) is 13.8. The van der Waals surface area contributed by atoms with Crippen LogP contribution in [0.2, 0.25) is 5.02 Å². The van der Waals surface area contributed by atoms with E-state index in [0.29, 0.717) is 28.5 Å². The molecule has 1 heterocycles. The average Bonchev–Trinajstić information content (AvgIpc) is 3.06. The monoisotopic (exact) mass is 341 g/mol. The van der Waals surface area contributed by atoms with E-state index < -0.39 is 0 Å². The molecular formula is C18H16ClN3O2. The molecule has 3 N–H and O–H groups in total. The van der Waals surface area contributed by atoms with Crippen LogP contribution in [-0.4, -0.2) is 21.2 Å². The number of phenolic OH excluding ortho intramolecular Hbond substituents is 1. The third-order valence-electron chi connectivity index (χ3n) is 3.63. The molecule has 3 rings (SSSR count). The summed E-state index contributed by atoms with van der Waals surface area (Å²) in [5, 5.41) is 20.0. The van der Waals surface area contributed by atoms with E-state index in [-0.39, 0.29) is 11.7 Å². The number of phenols is 1. The van der Waals surface area contributed by atoms with Crippen molar-refractivity contribution in [1.29, 1.82) is 0 Å². The topological polar surface area (TPSA) is 78.0 Å². The molecule has 0 aliphatic heterocycles. The van der Waals surface area contributed by atoms with Gasteiger partial charge in [-0.25, -0.2) is 0 Å². The first kappa shape index (κ1) is 16.1. The number of nitrogens with one attached hydrogen (secondary N) is 2. The minimum atomic E-state index is -0.268. The van der Waals surface area contributed by atoms with Gasteiger partial charge in [-0.1, -0.05) is 41.4 Å². The van der Waals surface area contributed by atoms with E-state index >= 15 is 0 Å².